The van der Waals surface area contributed by atoms with E-state index in [1.807, 2.05) is 0 Å². The van der Waals surface area contributed by atoms with Gasteiger partial charge in [-0.15, -0.1) is 0 Å². The number of rotatable bonds is 5. The number of hydrogen-bond donors (Lipinski definition) is 1. The van der Waals surface area contributed by atoms with Crippen molar-refractivity contribution in [2.75, 3.05) is 5.32 Å². The van der Waals surface area contributed by atoms with E-state index in [1.54, 1.807) is 0 Å². The van der Waals surface area contributed by atoms with Crippen molar-refractivity contribution >= 4 is 21.6 Å². The van der Waals surface area contributed by atoms with Gasteiger partial charge in [0, 0.05) is 16.2 Å². The minimum Gasteiger partial charge on any atom is -0.382 e. The van der Waals surface area contributed by atoms with Crippen LogP contribution in [0.3, 0.4) is 0 Å². The van der Waals surface area contributed by atoms with E-state index in [-0.39, 0.29) is 0 Å². The van der Waals surface area contributed by atoms with Gasteiger partial charge in [-0.3, -0.25) is 0 Å². The second kappa shape index (κ2) is 6.29. The van der Waals surface area contributed by atoms with E-state index < -0.39 is 0 Å². The fourth-order valence-electron chi connectivity index (χ4n) is 2.07. The molecule has 2 heteroatoms. The van der Waals surface area contributed by atoms with Gasteiger partial charge in [-0.25, -0.2) is 0 Å². The number of anilines is 1. The summed E-state index contributed by atoms with van der Waals surface area (Å²) in [6.45, 7) is 8.82. The van der Waals surface area contributed by atoms with Gasteiger partial charge in [-0.2, -0.15) is 0 Å². The van der Waals surface area contributed by atoms with Crippen LogP contribution in [0.1, 0.15) is 44.2 Å². The summed E-state index contributed by atoms with van der Waals surface area (Å²) in [5.74, 6) is 0. The molecule has 0 saturated carbocycles. The number of nitrogens with one attached hydrogen (secondary N) is 1. The molecular formula is C14H22BrN. The Morgan fingerprint density at radius 2 is 1.75 bits per heavy atom. The zero-order chi connectivity index (χ0) is 12.1. The van der Waals surface area contributed by atoms with Crippen molar-refractivity contribution < 1.29 is 0 Å². The fraction of sp³-hybridized carbons (Fsp3) is 0.571. The first-order chi connectivity index (χ1) is 7.58. The highest BCUT2D eigenvalue weighted by atomic mass is 79.9. The first-order valence-corrected chi connectivity index (χ1v) is 6.91. The van der Waals surface area contributed by atoms with Crippen LogP contribution in [-0.2, 0) is 0 Å². The second-order valence-electron chi connectivity index (χ2n) is 4.45. The highest BCUT2D eigenvalue weighted by molar-refractivity contribution is 9.10. The predicted octanol–water partition coefficient (Wildman–Crippen LogP) is 5.06. The highest BCUT2D eigenvalue weighted by Gasteiger charge is 2.09. The van der Waals surface area contributed by atoms with Gasteiger partial charge in [-0.1, -0.05) is 36.2 Å². The Bertz CT molecular complexity index is 324. The predicted molar refractivity (Wildman–Crippen MR) is 76.2 cm³/mol. The van der Waals surface area contributed by atoms with Gasteiger partial charge in [-0.05, 0) is 49.9 Å². The molecule has 0 fully saturated rings. The molecule has 0 amide bonds. The number of hydrogen-bond acceptors (Lipinski definition) is 1. The van der Waals surface area contributed by atoms with E-state index in [9.17, 15) is 0 Å². The molecule has 0 aromatic heterocycles. The Labute approximate surface area is 108 Å². The average molecular weight is 284 g/mol. The molecule has 0 aliphatic rings. The summed E-state index contributed by atoms with van der Waals surface area (Å²) in [6.07, 6.45) is 3.66. The molecule has 0 heterocycles. The first-order valence-electron chi connectivity index (χ1n) is 6.11. The van der Waals surface area contributed by atoms with Gasteiger partial charge in [0.15, 0.2) is 0 Å². The third kappa shape index (κ3) is 3.51. The van der Waals surface area contributed by atoms with Gasteiger partial charge in [0.05, 0.1) is 0 Å². The molecule has 90 valence electrons. The van der Waals surface area contributed by atoms with Crippen LogP contribution in [0.15, 0.2) is 16.6 Å². The Morgan fingerprint density at radius 3 is 2.19 bits per heavy atom. The molecule has 0 saturated heterocycles. The van der Waals surface area contributed by atoms with Gasteiger partial charge < -0.3 is 5.32 Å². The molecule has 1 aromatic carbocycles. The van der Waals surface area contributed by atoms with Crippen LogP contribution >= 0.6 is 15.9 Å². The van der Waals surface area contributed by atoms with Gasteiger partial charge in [0.2, 0.25) is 0 Å². The van der Waals surface area contributed by atoms with E-state index in [0.717, 1.165) is 4.47 Å². The van der Waals surface area contributed by atoms with Crippen LogP contribution in [0.2, 0.25) is 0 Å². The SMILES string of the molecule is CCCC(CC)Nc1c(C)cc(Br)cc1C. The van der Waals surface area contributed by atoms with Crippen molar-refractivity contribution in [3.8, 4) is 0 Å². The summed E-state index contributed by atoms with van der Waals surface area (Å²) in [5, 5.41) is 3.67. The normalized spacial score (nSPS) is 12.6. The van der Waals surface area contributed by atoms with Crippen molar-refractivity contribution in [2.24, 2.45) is 0 Å². The molecule has 1 aromatic rings. The lowest BCUT2D eigenvalue weighted by molar-refractivity contribution is 0.622. The van der Waals surface area contributed by atoms with E-state index in [1.165, 1.54) is 36.1 Å². The number of halogens is 1. The lowest BCUT2D eigenvalue weighted by atomic mass is 10.1. The van der Waals surface area contributed by atoms with Crippen molar-refractivity contribution in [2.45, 2.75) is 53.0 Å². The quantitative estimate of drug-likeness (QED) is 0.797. The Morgan fingerprint density at radius 1 is 1.19 bits per heavy atom. The van der Waals surface area contributed by atoms with Crippen molar-refractivity contribution in [3.05, 3.63) is 27.7 Å². The second-order valence-corrected chi connectivity index (χ2v) is 5.37. The fourth-order valence-corrected chi connectivity index (χ4v) is 2.76. The lowest BCUT2D eigenvalue weighted by Gasteiger charge is -2.21. The molecule has 1 nitrogen and oxygen atoms in total. The third-order valence-electron chi connectivity index (χ3n) is 2.98. The lowest BCUT2D eigenvalue weighted by Crippen LogP contribution is -2.19. The molecule has 1 N–H and O–H groups in total. The van der Waals surface area contributed by atoms with Crippen molar-refractivity contribution in [1.82, 2.24) is 0 Å². The Balaban J connectivity index is 2.87. The smallest absolute Gasteiger partial charge is 0.0402 e. The molecule has 1 atom stereocenters. The molecule has 16 heavy (non-hydrogen) atoms. The molecule has 1 unspecified atom stereocenters. The van der Waals surface area contributed by atoms with Crippen LogP contribution < -0.4 is 5.32 Å². The monoisotopic (exact) mass is 283 g/mol. The minimum absolute atomic E-state index is 0.601. The topological polar surface area (TPSA) is 12.0 Å². The number of benzene rings is 1. The summed E-state index contributed by atoms with van der Waals surface area (Å²) < 4.78 is 1.16. The molecule has 0 bridgehead atoms. The molecule has 1 rings (SSSR count). The van der Waals surface area contributed by atoms with Crippen LogP contribution in [0.4, 0.5) is 5.69 Å². The third-order valence-corrected chi connectivity index (χ3v) is 3.43. The van der Waals surface area contributed by atoms with Crippen molar-refractivity contribution in [3.63, 3.8) is 0 Å². The maximum absolute atomic E-state index is 3.67. The molecular weight excluding hydrogens is 262 g/mol. The standard InChI is InChI=1S/C14H22BrN/c1-5-7-13(6-2)16-14-10(3)8-12(15)9-11(14)4/h8-9,13,16H,5-7H2,1-4H3. The summed E-state index contributed by atoms with van der Waals surface area (Å²) in [6, 6.07) is 4.95. The maximum Gasteiger partial charge on any atom is 0.0402 e. The highest BCUT2D eigenvalue weighted by Crippen LogP contribution is 2.26. The van der Waals surface area contributed by atoms with Crippen LogP contribution in [0.5, 0.6) is 0 Å². The average Bonchev–Trinajstić information content (AvgIpc) is 2.21. The minimum atomic E-state index is 0.601. The van der Waals surface area contributed by atoms with Crippen LogP contribution in [-0.4, -0.2) is 6.04 Å². The van der Waals surface area contributed by atoms with E-state index in [4.69, 9.17) is 0 Å². The molecule has 0 radical (unpaired) electrons. The largest absolute Gasteiger partial charge is 0.382 e. The van der Waals surface area contributed by atoms with Gasteiger partial charge in [0.25, 0.3) is 0 Å². The molecule has 0 aliphatic carbocycles. The van der Waals surface area contributed by atoms with Crippen LogP contribution in [0, 0.1) is 13.8 Å². The number of aryl methyl sites for hydroxylation is 2. The summed E-state index contributed by atoms with van der Waals surface area (Å²) in [7, 11) is 0. The molecule has 0 aliphatic heterocycles. The molecule has 0 spiro atoms. The van der Waals surface area contributed by atoms with Gasteiger partial charge in [0.1, 0.15) is 0 Å². The first kappa shape index (κ1) is 13.6. The van der Waals surface area contributed by atoms with Crippen LogP contribution in [0.25, 0.3) is 0 Å². The van der Waals surface area contributed by atoms with E-state index in [2.05, 4.69) is 61.1 Å². The maximum atomic E-state index is 3.67. The summed E-state index contributed by atoms with van der Waals surface area (Å²) in [5.41, 5.74) is 3.95. The van der Waals surface area contributed by atoms with Crippen molar-refractivity contribution in [1.29, 1.82) is 0 Å². The summed E-state index contributed by atoms with van der Waals surface area (Å²) in [4.78, 5) is 0. The summed E-state index contributed by atoms with van der Waals surface area (Å²) >= 11 is 3.53. The van der Waals surface area contributed by atoms with E-state index >= 15 is 0 Å². The Kier molecular flexibility index (Phi) is 5.33. The Hall–Kier alpha value is -0.500. The van der Waals surface area contributed by atoms with Gasteiger partial charge >= 0.3 is 0 Å². The zero-order valence-electron chi connectivity index (χ0n) is 10.7. The van der Waals surface area contributed by atoms with E-state index in [0.29, 0.717) is 6.04 Å². The zero-order valence-corrected chi connectivity index (χ0v) is 12.3.